The van der Waals surface area contributed by atoms with Crippen molar-refractivity contribution in [2.45, 2.75) is 20.3 Å². The maximum Gasteiger partial charge on any atom is 0.129 e. The third-order valence-corrected chi connectivity index (χ3v) is 2.16. The van der Waals surface area contributed by atoms with Crippen molar-refractivity contribution < 1.29 is 9.13 Å². The number of rotatable bonds is 6. The summed E-state index contributed by atoms with van der Waals surface area (Å²) in [4.78, 5) is 0. The summed E-state index contributed by atoms with van der Waals surface area (Å²) in [6, 6.07) is 4.96. The molecule has 15 heavy (non-hydrogen) atoms. The Labute approximate surface area is 90.4 Å². The van der Waals surface area contributed by atoms with Crippen LogP contribution in [0, 0.1) is 12.7 Å². The Bertz CT molecular complexity index is 302. The second-order valence-corrected chi connectivity index (χ2v) is 3.47. The molecule has 84 valence electrons. The van der Waals surface area contributed by atoms with Crippen molar-refractivity contribution in [3.8, 4) is 5.75 Å². The van der Waals surface area contributed by atoms with Crippen LogP contribution in [0.2, 0.25) is 0 Å². The Morgan fingerprint density at radius 2 is 2.20 bits per heavy atom. The predicted octanol–water partition coefficient (Wildman–Crippen LogP) is 2.51. The van der Waals surface area contributed by atoms with Gasteiger partial charge < -0.3 is 10.1 Å². The first-order chi connectivity index (χ1) is 7.24. The molecule has 3 heteroatoms. The Hall–Kier alpha value is -1.09. The van der Waals surface area contributed by atoms with Gasteiger partial charge >= 0.3 is 0 Å². The molecule has 1 rings (SSSR count). The van der Waals surface area contributed by atoms with Gasteiger partial charge in [-0.2, -0.15) is 0 Å². The van der Waals surface area contributed by atoms with Gasteiger partial charge in [-0.25, -0.2) is 4.39 Å². The van der Waals surface area contributed by atoms with Crippen molar-refractivity contribution in [2.24, 2.45) is 0 Å². The normalized spacial score (nSPS) is 10.3. The van der Waals surface area contributed by atoms with Crippen molar-refractivity contribution in [1.29, 1.82) is 0 Å². The fourth-order valence-electron chi connectivity index (χ4n) is 1.23. The maximum atomic E-state index is 13.1. The number of ether oxygens (including phenoxy) is 1. The zero-order valence-electron chi connectivity index (χ0n) is 9.35. The van der Waals surface area contributed by atoms with Gasteiger partial charge in [0, 0.05) is 6.07 Å². The summed E-state index contributed by atoms with van der Waals surface area (Å²) in [5.41, 5.74) is 0.648. The minimum absolute atomic E-state index is 0.209. The van der Waals surface area contributed by atoms with E-state index < -0.39 is 0 Å². The molecule has 0 unspecified atom stereocenters. The first-order valence-corrected chi connectivity index (χ1v) is 5.33. The number of halogens is 1. The number of aryl methyl sites for hydroxylation is 1. The summed E-state index contributed by atoms with van der Waals surface area (Å²) in [6.45, 7) is 6.33. The lowest BCUT2D eigenvalue weighted by Crippen LogP contribution is -2.16. The minimum atomic E-state index is -0.209. The summed E-state index contributed by atoms with van der Waals surface area (Å²) < 4.78 is 18.5. The molecule has 0 heterocycles. The summed E-state index contributed by atoms with van der Waals surface area (Å²) in [5, 5.41) is 3.20. The van der Waals surface area contributed by atoms with Crippen LogP contribution in [0.1, 0.15) is 18.9 Å². The molecule has 1 N–H and O–H groups in total. The second kappa shape index (κ2) is 6.40. The average Bonchev–Trinajstić information content (AvgIpc) is 2.23. The first-order valence-electron chi connectivity index (χ1n) is 5.33. The fraction of sp³-hybridized carbons (Fsp3) is 0.500. The quantitative estimate of drug-likeness (QED) is 0.730. The number of hydrogen-bond donors (Lipinski definition) is 1. The molecular formula is C12H18FNO. The molecule has 0 saturated carbocycles. The SMILES string of the molecule is CCNCCCOc1ccc(C)c(F)c1. The van der Waals surface area contributed by atoms with E-state index in [2.05, 4.69) is 12.2 Å². The molecule has 0 atom stereocenters. The van der Waals surface area contributed by atoms with Crippen LogP contribution in [0.4, 0.5) is 4.39 Å². The largest absolute Gasteiger partial charge is 0.493 e. The van der Waals surface area contributed by atoms with Crippen LogP contribution < -0.4 is 10.1 Å². The highest BCUT2D eigenvalue weighted by Gasteiger charge is 1.99. The third-order valence-electron chi connectivity index (χ3n) is 2.16. The van der Waals surface area contributed by atoms with Gasteiger partial charge in [-0.05, 0) is 38.1 Å². The smallest absolute Gasteiger partial charge is 0.129 e. The van der Waals surface area contributed by atoms with Crippen LogP contribution in [0.3, 0.4) is 0 Å². The predicted molar refractivity (Wildman–Crippen MR) is 59.8 cm³/mol. The Kier molecular flexibility index (Phi) is 5.12. The number of benzene rings is 1. The molecule has 0 spiro atoms. The van der Waals surface area contributed by atoms with Crippen LogP contribution in [0.15, 0.2) is 18.2 Å². The zero-order chi connectivity index (χ0) is 11.1. The fourth-order valence-corrected chi connectivity index (χ4v) is 1.23. The highest BCUT2D eigenvalue weighted by molar-refractivity contribution is 5.27. The summed E-state index contributed by atoms with van der Waals surface area (Å²) >= 11 is 0. The molecule has 0 aliphatic rings. The number of hydrogen-bond acceptors (Lipinski definition) is 2. The molecule has 0 amide bonds. The van der Waals surface area contributed by atoms with Gasteiger partial charge in [0.05, 0.1) is 6.61 Å². The zero-order valence-corrected chi connectivity index (χ0v) is 9.35. The monoisotopic (exact) mass is 211 g/mol. The standard InChI is InChI=1S/C12H18FNO/c1-3-14-7-4-8-15-11-6-5-10(2)12(13)9-11/h5-6,9,14H,3-4,7-8H2,1-2H3. The van der Waals surface area contributed by atoms with E-state index in [1.54, 1.807) is 19.1 Å². The van der Waals surface area contributed by atoms with E-state index in [1.807, 2.05) is 0 Å². The van der Waals surface area contributed by atoms with Crippen molar-refractivity contribution in [1.82, 2.24) is 5.32 Å². The van der Waals surface area contributed by atoms with E-state index in [0.29, 0.717) is 17.9 Å². The molecule has 0 bridgehead atoms. The topological polar surface area (TPSA) is 21.3 Å². The van der Waals surface area contributed by atoms with E-state index in [0.717, 1.165) is 19.5 Å². The summed E-state index contributed by atoms with van der Waals surface area (Å²) in [7, 11) is 0. The van der Waals surface area contributed by atoms with Gasteiger partial charge in [0.15, 0.2) is 0 Å². The molecule has 0 fully saturated rings. The van der Waals surface area contributed by atoms with Crippen molar-refractivity contribution >= 4 is 0 Å². The highest BCUT2D eigenvalue weighted by atomic mass is 19.1. The molecule has 0 saturated heterocycles. The maximum absolute atomic E-state index is 13.1. The second-order valence-electron chi connectivity index (χ2n) is 3.47. The molecule has 1 aromatic carbocycles. The Balaban J connectivity index is 2.28. The Morgan fingerprint density at radius 3 is 2.87 bits per heavy atom. The summed E-state index contributed by atoms with van der Waals surface area (Å²) in [5.74, 6) is 0.397. The molecule has 0 aromatic heterocycles. The van der Waals surface area contributed by atoms with Crippen LogP contribution in [0.25, 0.3) is 0 Å². The molecule has 0 aliphatic carbocycles. The molecule has 1 aromatic rings. The molecule has 0 radical (unpaired) electrons. The van der Waals surface area contributed by atoms with Crippen LogP contribution >= 0.6 is 0 Å². The Morgan fingerprint density at radius 1 is 1.40 bits per heavy atom. The highest BCUT2D eigenvalue weighted by Crippen LogP contribution is 2.15. The van der Waals surface area contributed by atoms with E-state index in [4.69, 9.17) is 4.74 Å². The van der Waals surface area contributed by atoms with Crippen LogP contribution in [0.5, 0.6) is 5.75 Å². The van der Waals surface area contributed by atoms with Gasteiger partial charge in [-0.15, -0.1) is 0 Å². The van der Waals surface area contributed by atoms with Gasteiger partial charge in [-0.3, -0.25) is 0 Å². The van der Waals surface area contributed by atoms with Crippen LogP contribution in [-0.2, 0) is 0 Å². The van der Waals surface area contributed by atoms with Crippen molar-refractivity contribution in [3.63, 3.8) is 0 Å². The molecular weight excluding hydrogens is 193 g/mol. The van der Waals surface area contributed by atoms with E-state index in [1.165, 1.54) is 6.07 Å². The van der Waals surface area contributed by atoms with Crippen molar-refractivity contribution in [2.75, 3.05) is 19.7 Å². The lowest BCUT2D eigenvalue weighted by Gasteiger charge is -2.07. The van der Waals surface area contributed by atoms with Crippen molar-refractivity contribution in [3.05, 3.63) is 29.6 Å². The summed E-state index contributed by atoms with van der Waals surface area (Å²) in [6.07, 6.45) is 0.934. The van der Waals surface area contributed by atoms with Gasteiger partial charge in [0.1, 0.15) is 11.6 Å². The lowest BCUT2D eigenvalue weighted by atomic mass is 10.2. The van der Waals surface area contributed by atoms with Gasteiger partial charge in [0.2, 0.25) is 0 Å². The molecule has 2 nitrogen and oxygen atoms in total. The van der Waals surface area contributed by atoms with Gasteiger partial charge in [-0.1, -0.05) is 13.0 Å². The van der Waals surface area contributed by atoms with E-state index >= 15 is 0 Å². The molecule has 0 aliphatic heterocycles. The minimum Gasteiger partial charge on any atom is -0.493 e. The van der Waals surface area contributed by atoms with Crippen LogP contribution in [-0.4, -0.2) is 19.7 Å². The first kappa shape index (κ1) is 12.0. The lowest BCUT2D eigenvalue weighted by molar-refractivity contribution is 0.307. The van der Waals surface area contributed by atoms with E-state index in [-0.39, 0.29) is 5.82 Å². The van der Waals surface area contributed by atoms with Gasteiger partial charge in [0.25, 0.3) is 0 Å². The average molecular weight is 211 g/mol. The van der Waals surface area contributed by atoms with E-state index in [9.17, 15) is 4.39 Å². The number of nitrogens with one attached hydrogen (secondary N) is 1. The third kappa shape index (κ3) is 4.30.